The van der Waals surface area contributed by atoms with Crippen molar-refractivity contribution < 1.29 is 9.53 Å². The van der Waals surface area contributed by atoms with E-state index in [2.05, 4.69) is 21.6 Å². The lowest BCUT2D eigenvalue weighted by Gasteiger charge is -2.15. The van der Waals surface area contributed by atoms with Crippen LogP contribution in [0.5, 0.6) is 0 Å². The predicted octanol–water partition coefficient (Wildman–Crippen LogP) is 3.65. The molecule has 2 aromatic rings. The lowest BCUT2D eigenvalue weighted by Crippen LogP contribution is -2.13. The van der Waals surface area contributed by atoms with E-state index in [9.17, 15) is 4.79 Å². The molecule has 0 fully saturated rings. The molecule has 2 heterocycles. The number of esters is 1. The van der Waals surface area contributed by atoms with Crippen LogP contribution in [0.2, 0.25) is 0 Å². The van der Waals surface area contributed by atoms with Gasteiger partial charge in [0.05, 0.1) is 18.3 Å². The van der Waals surface area contributed by atoms with Gasteiger partial charge in [0.2, 0.25) is 0 Å². The highest BCUT2D eigenvalue weighted by Gasteiger charge is 2.22. The summed E-state index contributed by atoms with van der Waals surface area (Å²) >= 11 is 2.89. The molecule has 7 heteroatoms. The lowest BCUT2D eigenvalue weighted by atomic mass is 10.2. The number of carbonyl (C=O) groups excluding carboxylic acids is 1. The number of nitrogens with one attached hydrogen (secondary N) is 1. The molecule has 0 aromatic carbocycles. The zero-order chi connectivity index (χ0) is 14.5. The van der Waals surface area contributed by atoms with Crippen molar-refractivity contribution in [2.75, 3.05) is 11.9 Å². The first kappa shape index (κ1) is 14.9. The van der Waals surface area contributed by atoms with Crippen LogP contribution in [0.3, 0.4) is 0 Å². The van der Waals surface area contributed by atoms with Crippen LogP contribution < -0.4 is 5.32 Å². The van der Waals surface area contributed by atoms with E-state index in [4.69, 9.17) is 4.74 Å². The number of rotatable bonds is 6. The standard InChI is InChI=1S/C13H17N3O2S2/c1-4-9(11-14-6-7-19-11)15-12-10(8(3)16-20-12)13(17)18-5-2/h6-7,9,15H,4-5H2,1-3H3. The van der Waals surface area contributed by atoms with Crippen molar-refractivity contribution in [1.29, 1.82) is 0 Å². The molecule has 5 nitrogen and oxygen atoms in total. The van der Waals surface area contributed by atoms with Gasteiger partial charge in [0.15, 0.2) is 0 Å². The number of aryl methyl sites for hydroxylation is 1. The first-order valence-corrected chi connectivity index (χ1v) is 8.12. The minimum Gasteiger partial charge on any atom is -0.462 e. The van der Waals surface area contributed by atoms with E-state index in [1.54, 1.807) is 24.5 Å². The molecule has 2 rings (SSSR count). The number of aromatic nitrogens is 2. The number of anilines is 1. The predicted molar refractivity (Wildman–Crippen MR) is 81.6 cm³/mol. The minimum absolute atomic E-state index is 0.0861. The summed E-state index contributed by atoms with van der Waals surface area (Å²) in [6.07, 6.45) is 2.67. The summed E-state index contributed by atoms with van der Waals surface area (Å²) < 4.78 is 9.34. The van der Waals surface area contributed by atoms with E-state index in [0.717, 1.165) is 16.4 Å². The molecule has 0 saturated carbocycles. The van der Waals surface area contributed by atoms with Crippen molar-refractivity contribution in [3.8, 4) is 0 Å². The van der Waals surface area contributed by atoms with Gasteiger partial charge < -0.3 is 10.1 Å². The Morgan fingerprint density at radius 2 is 2.30 bits per heavy atom. The maximum Gasteiger partial charge on any atom is 0.343 e. The van der Waals surface area contributed by atoms with Crippen molar-refractivity contribution in [2.24, 2.45) is 0 Å². The minimum atomic E-state index is -0.324. The number of nitrogens with zero attached hydrogens (tertiary/aromatic N) is 2. The van der Waals surface area contributed by atoms with Gasteiger partial charge in [-0.3, -0.25) is 0 Å². The highest BCUT2D eigenvalue weighted by atomic mass is 32.1. The molecule has 0 bridgehead atoms. The van der Waals surface area contributed by atoms with Gasteiger partial charge in [0.1, 0.15) is 15.6 Å². The Morgan fingerprint density at radius 3 is 2.90 bits per heavy atom. The monoisotopic (exact) mass is 311 g/mol. The average Bonchev–Trinajstić information content (AvgIpc) is 3.06. The van der Waals surface area contributed by atoms with Crippen LogP contribution in [0.25, 0.3) is 0 Å². The maximum absolute atomic E-state index is 12.0. The first-order chi connectivity index (χ1) is 9.67. The van der Waals surface area contributed by atoms with Gasteiger partial charge in [0, 0.05) is 11.6 Å². The van der Waals surface area contributed by atoms with Crippen LogP contribution in [0.1, 0.15) is 47.4 Å². The second-order valence-electron chi connectivity index (χ2n) is 4.17. The first-order valence-electron chi connectivity index (χ1n) is 6.46. The number of thiazole rings is 1. The second kappa shape index (κ2) is 6.81. The fourth-order valence-electron chi connectivity index (χ4n) is 1.82. The van der Waals surface area contributed by atoms with Crippen molar-refractivity contribution in [3.63, 3.8) is 0 Å². The number of carbonyl (C=O) groups is 1. The van der Waals surface area contributed by atoms with Gasteiger partial charge >= 0.3 is 5.97 Å². The molecule has 1 unspecified atom stereocenters. The van der Waals surface area contributed by atoms with E-state index in [1.807, 2.05) is 12.3 Å². The summed E-state index contributed by atoms with van der Waals surface area (Å²) in [5.41, 5.74) is 1.23. The van der Waals surface area contributed by atoms with Crippen LogP contribution in [0.4, 0.5) is 5.00 Å². The number of ether oxygens (including phenoxy) is 1. The average molecular weight is 311 g/mol. The summed E-state index contributed by atoms with van der Waals surface area (Å²) in [4.78, 5) is 16.3. The van der Waals surface area contributed by atoms with Crippen molar-refractivity contribution in [2.45, 2.75) is 33.2 Å². The van der Waals surface area contributed by atoms with E-state index in [1.165, 1.54) is 11.5 Å². The SMILES string of the molecule is CCOC(=O)c1c(C)nsc1NC(CC)c1nccs1. The Labute approximate surface area is 126 Å². The molecule has 0 saturated heterocycles. The van der Waals surface area contributed by atoms with Crippen LogP contribution in [0, 0.1) is 6.92 Å². The number of hydrogen-bond acceptors (Lipinski definition) is 7. The van der Waals surface area contributed by atoms with Crippen LogP contribution in [0.15, 0.2) is 11.6 Å². The third-order valence-electron chi connectivity index (χ3n) is 2.81. The van der Waals surface area contributed by atoms with Crippen LogP contribution in [-0.4, -0.2) is 21.9 Å². The topological polar surface area (TPSA) is 64.1 Å². The Balaban J connectivity index is 2.23. The Kier molecular flexibility index (Phi) is 5.08. The highest BCUT2D eigenvalue weighted by Crippen LogP contribution is 2.31. The molecule has 0 aliphatic carbocycles. The fraction of sp³-hybridized carbons (Fsp3) is 0.462. The summed E-state index contributed by atoms with van der Waals surface area (Å²) in [5, 5.41) is 7.07. The van der Waals surface area contributed by atoms with Crippen molar-refractivity contribution in [3.05, 3.63) is 27.8 Å². The molecule has 0 amide bonds. The smallest absolute Gasteiger partial charge is 0.343 e. The molecule has 0 spiro atoms. The molecular formula is C13H17N3O2S2. The molecule has 0 aliphatic rings. The quantitative estimate of drug-likeness (QED) is 0.825. The number of hydrogen-bond donors (Lipinski definition) is 1. The third-order valence-corrected chi connectivity index (χ3v) is 4.56. The zero-order valence-electron chi connectivity index (χ0n) is 11.7. The van der Waals surface area contributed by atoms with Gasteiger partial charge in [-0.1, -0.05) is 6.92 Å². The molecule has 20 heavy (non-hydrogen) atoms. The summed E-state index contributed by atoms with van der Waals surface area (Å²) in [5.74, 6) is -0.324. The van der Waals surface area contributed by atoms with Gasteiger partial charge in [-0.2, -0.15) is 4.37 Å². The second-order valence-corrected chi connectivity index (χ2v) is 5.87. The van der Waals surface area contributed by atoms with Crippen LogP contribution in [-0.2, 0) is 4.74 Å². The third kappa shape index (κ3) is 3.16. The van der Waals surface area contributed by atoms with Gasteiger partial charge in [-0.15, -0.1) is 11.3 Å². The molecule has 0 radical (unpaired) electrons. The summed E-state index contributed by atoms with van der Waals surface area (Å²) in [6.45, 7) is 6.05. The molecular weight excluding hydrogens is 294 g/mol. The normalized spacial score (nSPS) is 12.2. The van der Waals surface area contributed by atoms with E-state index >= 15 is 0 Å². The molecule has 1 N–H and O–H groups in total. The molecule has 108 valence electrons. The molecule has 2 aromatic heterocycles. The van der Waals surface area contributed by atoms with Gasteiger partial charge in [-0.05, 0) is 31.8 Å². The van der Waals surface area contributed by atoms with Gasteiger partial charge in [-0.25, -0.2) is 9.78 Å². The Hall–Kier alpha value is -1.47. The van der Waals surface area contributed by atoms with E-state index in [-0.39, 0.29) is 12.0 Å². The largest absolute Gasteiger partial charge is 0.462 e. The Bertz CT molecular complexity index is 566. The van der Waals surface area contributed by atoms with Crippen molar-refractivity contribution in [1.82, 2.24) is 9.36 Å². The lowest BCUT2D eigenvalue weighted by molar-refractivity contribution is 0.0527. The fourth-order valence-corrected chi connectivity index (χ4v) is 3.42. The summed E-state index contributed by atoms with van der Waals surface area (Å²) in [6, 6.07) is 0.0861. The van der Waals surface area contributed by atoms with Gasteiger partial charge in [0.25, 0.3) is 0 Å². The molecule has 0 aliphatic heterocycles. The zero-order valence-corrected chi connectivity index (χ0v) is 13.3. The highest BCUT2D eigenvalue weighted by molar-refractivity contribution is 7.11. The molecule has 1 atom stereocenters. The van der Waals surface area contributed by atoms with E-state index in [0.29, 0.717) is 17.9 Å². The Morgan fingerprint density at radius 1 is 1.50 bits per heavy atom. The van der Waals surface area contributed by atoms with E-state index < -0.39 is 0 Å². The summed E-state index contributed by atoms with van der Waals surface area (Å²) in [7, 11) is 0. The van der Waals surface area contributed by atoms with Crippen LogP contribution >= 0.6 is 22.9 Å². The van der Waals surface area contributed by atoms with Crippen molar-refractivity contribution >= 4 is 33.8 Å². The maximum atomic E-state index is 12.0.